The molecular weight excluding hydrogens is 144 g/mol. The highest BCUT2D eigenvalue weighted by molar-refractivity contribution is 5.73. The lowest BCUT2D eigenvalue weighted by Crippen LogP contribution is -2.47. The highest BCUT2D eigenvalue weighted by atomic mass is 16.4. The van der Waals surface area contributed by atoms with E-state index in [2.05, 4.69) is 10.9 Å². The van der Waals surface area contributed by atoms with Crippen molar-refractivity contribution in [3.05, 3.63) is 0 Å². The van der Waals surface area contributed by atoms with Gasteiger partial charge in [0.05, 0.1) is 0 Å². The average Bonchev–Trinajstić information content (AvgIpc) is 1.87. The Labute approximate surface area is 67.0 Å². The van der Waals surface area contributed by atoms with E-state index in [-0.39, 0.29) is 6.04 Å². The Kier molecular flexibility index (Phi) is 4.81. The smallest absolute Gasteiger partial charge is 0.322 e. The topological polar surface area (TPSA) is 61.4 Å². The van der Waals surface area contributed by atoms with E-state index in [1.807, 2.05) is 20.8 Å². The molecule has 0 amide bonds. The summed E-state index contributed by atoms with van der Waals surface area (Å²) < 4.78 is 0. The van der Waals surface area contributed by atoms with Crippen molar-refractivity contribution < 1.29 is 9.90 Å². The highest BCUT2D eigenvalue weighted by Crippen LogP contribution is 1.88. The van der Waals surface area contributed by atoms with Gasteiger partial charge >= 0.3 is 5.97 Å². The molecule has 0 aromatic rings. The van der Waals surface area contributed by atoms with Gasteiger partial charge in [0, 0.05) is 6.04 Å². The van der Waals surface area contributed by atoms with Crippen LogP contribution in [0.1, 0.15) is 27.2 Å². The molecule has 1 atom stereocenters. The van der Waals surface area contributed by atoms with Crippen molar-refractivity contribution in [2.24, 2.45) is 0 Å². The minimum absolute atomic E-state index is 0.253. The molecule has 1 unspecified atom stereocenters. The molecule has 11 heavy (non-hydrogen) atoms. The second-order valence-corrected chi connectivity index (χ2v) is 2.74. The molecule has 0 aliphatic rings. The van der Waals surface area contributed by atoms with Gasteiger partial charge in [-0.1, -0.05) is 6.92 Å². The largest absolute Gasteiger partial charge is 0.480 e. The summed E-state index contributed by atoms with van der Waals surface area (Å²) in [5.74, 6) is -0.819. The second-order valence-electron chi connectivity index (χ2n) is 2.74. The lowest BCUT2D eigenvalue weighted by molar-refractivity contribution is -0.139. The van der Waals surface area contributed by atoms with Crippen LogP contribution in [0.15, 0.2) is 0 Å². The van der Waals surface area contributed by atoms with Gasteiger partial charge in [-0.05, 0) is 20.3 Å². The van der Waals surface area contributed by atoms with Crippen molar-refractivity contribution in [1.82, 2.24) is 10.9 Å². The zero-order chi connectivity index (χ0) is 8.85. The zero-order valence-corrected chi connectivity index (χ0v) is 7.22. The lowest BCUT2D eigenvalue weighted by Gasteiger charge is -2.15. The molecule has 4 nitrogen and oxygen atoms in total. The first-order valence-electron chi connectivity index (χ1n) is 3.81. The molecule has 0 aromatic heterocycles. The minimum Gasteiger partial charge on any atom is -0.480 e. The molecule has 4 heteroatoms. The molecule has 0 rings (SSSR count). The first-order chi connectivity index (χ1) is 5.07. The zero-order valence-electron chi connectivity index (χ0n) is 7.22. The van der Waals surface area contributed by atoms with E-state index in [0.29, 0.717) is 6.42 Å². The number of carboxylic acid groups (broad SMARTS) is 1. The fraction of sp³-hybridized carbons (Fsp3) is 0.857. The molecule has 0 aromatic carbocycles. The van der Waals surface area contributed by atoms with E-state index in [9.17, 15) is 4.79 Å². The van der Waals surface area contributed by atoms with Crippen LogP contribution < -0.4 is 10.9 Å². The van der Waals surface area contributed by atoms with E-state index < -0.39 is 12.0 Å². The first kappa shape index (κ1) is 10.4. The third-order valence-corrected chi connectivity index (χ3v) is 1.25. The van der Waals surface area contributed by atoms with Gasteiger partial charge in [-0.2, -0.15) is 0 Å². The second kappa shape index (κ2) is 5.09. The van der Waals surface area contributed by atoms with Crippen molar-refractivity contribution in [3.63, 3.8) is 0 Å². The van der Waals surface area contributed by atoms with Crippen molar-refractivity contribution in [2.45, 2.75) is 39.3 Å². The van der Waals surface area contributed by atoms with Crippen LogP contribution in [0.3, 0.4) is 0 Å². The summed E-state index contributed by atoms with van der Waals surface area (Å²) in [6.07, 6.45) is 0.578. The van der Waals surface area contributed by atoms with Crippen LogP contribution in [-0.2, 0) is 4.79 Å². The van der Waals surface area contributed by atoms with Gasteiger partial charge < -0.3 is 5.11 Å². The Balaban J connectivity index is 3.61. The van der Waals surface area contributed by atoms with Crippen LogP contribution in [0.2, 0.25) is 0 Å². The van der Waals surface area contributed by atoms with Crippen molar-refractivity contribution in [1.29, 1.82) is 0 Å². The van der Waals surface area contributed by atoms with E-state index in [1.165, 1.54) is 0 Å². The molecule has 0 radical (unpaired) electrons. The number of rotatable bonds is 5. The lowest BCUT2D eigenvalue weighted by atomic mass is 10.2. The highest BCUT2D eigenvalue weighted by Gasteiger charge is 2.13. The average molecular weight is 160 g/mol. The number of carboxylic acids is 1. The summed E-state index contributed by atoms with van der Waals surface area (Å²) in [6.45, 7) is 5.72. The van der Waals surface area contributed by atoms with Gasteiger partial charge in [-0.25, -0.2) is 5.43 Å². The maximum absolute atomic E-state index is 10.4. The standard InChI is InChI=1S/C7H16N2O2/c1-4-6(7(10)11)9-8-5(2)3/h5-6,8-9H,4H2,1-3H3,(H,10,11). The summed E-state index contributed by atoms with van der Waals surface area (Å²) in [5, 5.41) is 8.58. The van der Waals surface area contributed by atoms with Crippen molar-refractivity contribution in [3.8, 4) is 0 Å². The van der Waals surface area contributed by atoms with Gasteiger partial charge in [0.1, 0.15) is 6.04 Å². The molecule has 0 saturated heterocycles. The minimum atomic E-state index is -0.819. The van der Waals surface area contributed by atoms with Crippen LogP contribution >= 0.6 is 0 Å². The Morgan fingerprint density at radius 1 is 1.45 bits per heavy atom. The Bertz CT molecular complexity index is 126. The third-order valence-electron chi connectivity index (χ3n) is 1.25. The van der Waals surface area contributed by atoms with Crippen LogP contribution in [-0.4, -0.2) is 23.2 Å². The molecule has 0 fully saturated rings. The summed E-state index contributed by atoms with van der Waals surface area (Å²) in [4.78, 5) is 10.4. The molecular formula is C7H16N2O2. The van der Waals surface area contributed by atoms with E-state index >= 15 is 0 Å². The van der Waals surface area contributed by atoms with Crippen LogP contribution in [0.5, 0.6) is 0 Å². The van der Waals surface area contributed by atoms with E-state index in [0.717, 1.165) is 0 Å². The quantitative estimate of drug-likeness (QED) is 0.508. The molecule has 66 valence electrons. The van der Waals surface area contributed by atoms with Crippen LogP contribution in [0, 0.1) is 0 Å². The summed E-state index contributed by atoms with van der Waals surface area (Å²) in [5.41, 5.74) is 5.57. The van der Waals surface area contributed by atoms with Crippen molar-refractivity contribution >= 4 is 5.97 Å². The predicted octanol–water partition coefficient (Wildman–Crippen LogP) is 0.352. The first-order valence-corrected chi connectivity index (χ1v) is 3.81. The maximum Gasteiger partial charge on any atom is 0.322 e. The Morgan fingerprint density at radius 2 is 2.00 bits per heavy atom. The van der Waals surface area contributed by atoms with Crippen LogP contribution in [0.25, 0.3) is 0 Å². The number of nitrogens with one attached hydrogen (secondary N) is 2. The maximum atomic E-state index is 10.4. The van der Waals surface area contributed by atoms with E-state index in [1.54, 1.807) is 0 Å². The fourth-order valence-electron chi connectivity index (χ4n) is 0.606. The van der Waals surface area contributed by atoms with Gasteiger partial charge in [0.25, 0.3) is 0 Å². The Morgan fingerprint density at radius 3 is 2.27 bits per heavy atom. The SMILES string of the molecule is CCC(NNC(C)C)C(=O)O. The van der Waals surface area contributed by atoms with Gasteiger partial charge in [0.15, 0.2) is 0 Å². The predicted molar refractivity (Wildman–Crippen MR) is 43.1 cm³/mol. The number of hydrogen-bond acceptors (Lipinski definition) is 3. The molecule has 3 N–H and O–H groups in total. The molecule has 0 heterocycles. The molecule has 0 aliphatic heterocycles. The van der Waals surface area contributed by atoms with Gasteiger partial charge in [0.2, 0.25) is 0 Å². The fourth-order valence-corrected chi connectivity index (χ4v) is 0.606. The normalized spacial score (nSPS) is 13.5. The number of aliphatic carboxylic acids is 1. The number of carbonyl (C=O) groups is 1. The molecule has 0 saturated carbocycles. The van der Waals surface area contributed by atoms with Crippen molar-refractivity contribution in [2.75, 3.05) is 0 Å². The Hall–Kier alpha value is -0.610. The monoisotopic (exact) mass is 160 g/mol. The van der Waals surface area contributed by atoms with Gasteiger partial charge in [-0.15, -0.1) is 0 Å². The molecule has 0 aliphatic carbocycles. The number of hydrazine groups is 1. The van der Waals surface area contributed by atoms with Gasteiger partial charge in [-0.3, -0.25) is 10.2 Å². The summed E-state index contributed by atoms with van der Waals surface area (Å²) in [6, 6.07) is -0.235. The van der Waals surface area contributed by atoms with E-state index in [4.69, 9.17) is 5.11 Å². The summed E-state index contributed by atoms with van der Waals surface area (Å²) >= 11 is 0. The molecule has 0 spiro atoms. The number of hydrogen-bond donors (Lipinski definition) is 3. The summed E-state index contributed by atoms with van der Waals surface area (Å²) in [7, 11) is 0. The van der Waals surface area contributed by atoms with Crippen LogP contribution in [0.4, 0.5) is 0 Å². The third kappa shape index (κ3) is 4.75. The molecule has 0 bridgehead atoms.